The molecule has 0 fully saturated rings. The number of benzene rings is 2. The van der Waals surface area contributed by atoms with Crippen LogP contribution in [0.15, 0.2) is 54.1 Å². The number of hydrogen-bond donors (Lipinski definition) is 1. The Bertz CT molecular complexity index is 804. The van der Waals surface area contributed by atoms with E-state index in [-0.39, 0.29) is 5.57 Å². The van der Waals surface area contributed by atoms with Crippen molar-refractivity contribution in [3.05, 3.63) is 65.2 Å². The minimum Gasteiger partial charge on any atom is -0.490 e. The van der Waals surface area contributed by atoms with Gasteiger partial charge in [-0.3, -0.25) is 0 Å². The summed E-state index contributed by atoms with van der Waals surface area (Å²) in [6.45, 7) is 2.90. The lowest BCUT2D eigenvalue weighted by atomic mass is 10.1. The Hall–Kier alpha value is -3.26. The normalized spacial score (nSPS) is 10.8. The highest BCUT2D eigenvalue weighted by atomic mass is 16.5. The number of carboxylic acids is 1. The number of carboxylic acid groups (broad SMARTS) is 1. The summed E-state index contributed by atoms with van der Waals surface area (Å²) in [5.74, 6) is 0.130. The Morgan fingerprint density at radius 2 is 1.81 bits per heavy atom. The quantitative estimate of drug-likeness (QED) is 0.418. The molecule has 0 atom stereocenters. The Balaban J connectivity index is 1.85. The summed E-state index contributed by atoms with van der Waals surface area (Å²) in [6, 6.07) is 16.6. The summed E-state index contributed by atoms with van der Waals surface area (Å²) in [7, 11) is 0. The third-order valence-electron chi connectivity index (χ3n) is 3.60. The Morgan fingerprint density at radius 1 is 1.12 bits per heavy atom. The first kappa shape index (κ1) is 19.1. The standard InChI is InChI=1S/C21H21NO4/c1-2-4-16-7-9-19(10-8-16)25-11-12-26-20-6-3-5-17(14-20)13-18(15-22)21(23)24/h3,5-10,13-14H,2,4,11-12H2,1H3,(H,23,24). The van der Waals surface area contributed by atoms with E-state index in [1.165, 1.54) is 11.6 Å². The van der Waals surface area contributed by atoms with Gasteiger partial charge >= 0.3 is 5.97 Å². The molecular formula is C21H21NO4. The summed E-state index contributed by atoms with van der Waals surface area (Å²) in [6.07, 6.45) is 3.48. The zero-order valence-electron chi connectivity index (χ0n) is 14.6. The molecule has 0 radical (unpaired) electrons. The number of nitrogens with zero attached hydrogens (tertiary/aromatic N) is 1. The maximum Gasteiger partial charge on any atom is 0.346 e. The third-order valence-corrected chi connectivity index (χ3v) is 3.60. The fourth-order valence-corrected chi connectivity index (χ4v) is 2.36. The van der Waals surface area contributed by atoms with E-state index in [1.54, 1.807) is 30.3 Å². The molecule has 26 heavy (non-hydrogen) atoms. The van der Waals surface area contributed by atoms with Gasteiger partial charge in [-0.05, 0) is 47.9 Å². The first-order valence-corrected chi connectivity index (χ1v) is 8.42. The summed E-state index contributed by atoms with van der Waals surface area (Å²) in [5.41, 5.74) is 1.56. The lowest BCUT2D eigenvalue weighted by Crippen LogP contribution is -2.09. The molecule has 0 heterocycles. The summed E-state index contributed by atoms with van der Waals surface area (Å²) in [5, 5.41) is 17.7. The topological polar surface area (TPSA) is 79.5 Å². The summed E-state index contributed by atoms with van der Waals surface area (Å²) in [4.78, 5) is 10.9. The molecule has 1 N–H and O–H groups in total. The Morgan fingerprint density at radius 3 is 2.42 bits per heavy atom. The van der Waals surface area contributed by atoms with Crippen molar-refractivity contribution in [2.75, 3.05) is 13.2 Å². The molecule has 2 aromatic rings. The minimum absolute atomic E-state index is 0.322. The Kier molecular flexibility index (Phi) is 7.26. The van der Waals surface area contributed by atoms with Crippen LogP contribution in [0.25, 0.3) is 6.08 Å². The number of carbonyl (C=O) groups is 1. The van der Waals surface area contributed by atoms with Crippen molar-refractivity contribution >= 4 is 12.0 Å². The van der Waals surface area contributed by atoms with Gasteiger partial charge in [-0.25, -0.2) is 4.79 Å². The average molecular weight is 351 g/mol. The molecule has 5 heteroatoms. The molecule has 0 bridgehead atoms. The van der Waals surface area contributed by atoms with Crippen molar-refractivity contribution in [1.82, 2.24) is 0 Å². The van der Waals surface area contributed by atoms with Gasteiger partial charge in [-0.15, -0.1) is 0 Å². The van der Waals surface area contributed by atoms with E-state index in [1.807, 2.05) is 12.1 Å². The average Bonchev–Trinajstić information content (AvgIpc) is 2.65. The van der Waals surface area contributed by atoms with Crippen molar-refractivity contribution < 1.29 is 19.4 Å². The molecule has 2 rings (SSSR count). The van der Waals surface area contributed by atoms with E-state index in [9.17, 15) is 4.79 Å². The van der Waals surface area contributed by atoms with Crippen LogP contribution in [-0.2, 0) is 11.2 Å². The van der Waals surface area contributed by atoms with E-state index in [0.29, 0.717) is 24.5 Å². The van der Waals surface area contributed by atoms with Crippen LogP contribution >= 0.6 is 0 Å². The second-order valence-corrected chi connectivity index (χ2v) is 5.64. The van der Waals surface area contributed by atoms with Crippen LogP contribution < -0.4 is 9.47 Å². The second kappa shape index (κ2) is 9.90. The lowest BCUT2D eigenvalue weighted by molar-refractivity contribution is -0.132. The van der Waals surface area contributed by atoms with Gasteiger partial charge in [0.05, 0.1) is 0 Å². The van der Waals surface area contributed by atoms with Crippen LogP contribution in [0.5, 0.6) is 11.5 Å². The maximum atomic E-state index is 10.9. The monoisotopic (exact) mass is 351 g/mol. The fraction of sp³-hybridized carbons (Fsp3) is 0.238. The predicted octanol–water partition coefficient (Wildman–Crippen LogP) is 4.09. The molecule has 2 aromatic carbocycles. The van der Waals surface area contributed by atoms with Crippen molar-refractivity contribution in [3.63, 3.8) is 0 Å². The van der Waals surface area contributed by atoms with E-state index in [4.69, 9.17) is 19.8 Å². The van der Waals surface area contributed by atoms with Crippen molar-refractivity contribution in [3.8, 4) is 17.6 Å². The number of ether oxygens (including phenoxy) is 2. The zero-order valence-corrected chi connectivity index (χ0v) is 14.6. The zero-order chi connectivity index (χ0) is 18.8. The van der Waals surface area contributed by atoms with E-state index in [2.05, 4.69) is 19.1 Å². The number of aliphatic carboxylic acids is 1. The summed E-state index contributed by atoms with van der Waals surface area (Å²) < 4.78 is 11.3. The maximum absolute atomic E-state index is 10.9. The second-order valence-electron chi connectivity index (χ2n) is 5.64. The van der Waals surface area contributed by atoms with Gasteiger partial charge in [0.15, 0.2) is 0 Å². The molecule has 5 nitrogen and oxygen atoms in total. The smallest absolute Gasteiger partial charge is 0.346 e. The van der Waals surface area contributed by atoms with Crippen molar-refractivity contribution in [2.45, 2.75) is 19.8 Å². The van der Waals surface area contributed by atoms with Gasteiger partial charge < -0.3 is 14.6 Å². The molecule has 0 saturated heterocycles. The molecule has 0 spiro atoms. The molecule has 0 saturated carbocycles. The van der Waals surface area contributed by atoms with Crippen LogP contribution in [0.3, 0.4) is 0 Å². The molecule has 0 aliphatic heterocycles. The lowest BCUT2D eigenvalue weighted by Gasteiger charge is -2.09. The first-order chi connectivity index (χ1) is 12.6. The van der Waals surface area contributed by atoms with Gasteiger partial charge in [0.2, 0.25) is 0 Å². The third kappa shape index (κ3) is 5.99. The fourth-order valence-electron chi connectivity index (χ4n) is 2.36. The van der Waals surface area contributed by atoms with E-state index >= 15 is 0 Å². The van der Waals surface area contributed by atoms with E-state index < -0.39 is 5.97 Å². The number of hydrogen-bond acceptors (Lipinski definition) is 4. The molecular weight excluding hydrogens is 330 g/mol. The minimum atomic E-state index is -1.25. The molecule has 0 aliphatic carbocycles. The molecule has 0 aliphatic rings. The number of aryl methyl sites for hydroxylation is 1. The summed E-state index contributed by atoms with van der Waals surface area (Å²) >= 11 is 0. The van der Waals surface area contributed by atoms with Crippen LogP contribution in [0.2, 0.25) is 0 Å². The van der Waals surface area contributed by atoms with Gasteiger partial charge in [-0.1, -0.05) is 37.6 Å². The molecule has 134 valence electrons. The molecule has 0 aromatic heterocycles. The van der Waals surface area contributed by atoms with Crippen molar-refractivity contribution in [2.24, 2.45) is 0 Å². The SMILES string of the molecule is CCCc1ccc(OCCOc2cccc(C=C(C#N)C(=O)O)c2)cc1. The number of nitriles is 1. The van der Waals surface area contributed by atoms with Crippen molar-refractivity contribution in [1.29, 1.82) is 5.26 Å². The highest BCUT2D eigenvalue weighted by Gasteiger charge is 2.06. The van der Waals surface area contributed by atoms with Crippen LogP contribution in [0.1, 0.15) is 24.5 Å². The largest absolute Gasteiger partial charge is 0.490 e. The van der Waals surface area contributed by atoms with Crippen LogP contribution in [0, 0.1) is 11.3 Å². The van der Waals surface area contributed by atoms with Crippen LogP contribution in [0.4, 0.5) is 0 Å². The van der Waals surface area contributed by atoms with Gasteiger partial charge in [0, 0.05) is 0 Å². The number of rotatable bonds is 9. The van der Waals surface area contributed by atoms with Crippen LogP contribution in [-0.4, -0.2) is 24.3 Å². The van der Waals surface area contributed by atoms with E-state index in [0.717, 1.165) is 18.6 Å². The Labute approximate surface area is 153 Å². The first-order valence-electron chi connectivity index (χ1n) is 8.42. The van der Waals surface area contributed by atoms with Gasteiger partial charge in [-0.2, -0.15) is 5.26 Å². The van der Waals surface area contributed by atoms with Gasteiger partial charge in [0.1, 0.15) is 36.4 Å². The predicted molar refractivity (Wildman–Crippen MR) is 99.1 cm³/mol. The molecule has 0 amide bonds. The highest BCUT2D eigenvalue weighted by molar-refractivity contribution is 5.96. The van der Waals surface area contributed by atoms with Gasteiger partial charge in [0.25, 0.3) is 0 Å². The molecule has 0 unspecified atom stereocenters. The highest BCUT2D eigenvalue weighted by Crippen LogP contribution is 2.17.